The summed E-state index contributed by atoms with van der Waals surface area (Å²) in [6.45, 7) is -0.968. The van der Waals surface area contributed by atoms with Crippen LogP contribution in [0.4, 0.5) is 13.2 Å². The Labute approximate surface area is 105 Å². The van der Waals surface area contributed by atoms with Crippen molar-refractivity contribution >= 4 is 15.9 Å². The second-order valence-electron chi connectivity index (χ2n) is 4.91. The topological polar surface area (TPSA) is 17.8 Å². The fourth-order valence-electron chi connectivity index (χ4n) is 2.13. The predicted octanol–water partition coefficient (Wildman–Crippen LogP) is 3.96. The molecule has 0 unspecified atom stereocenters. The summed E-state index contributed by atoms with van der Waals surface area (Å²) in [4.78, 5) is 0. The largest absolute Gasteiger partial charge is 0.408 e. The molecule has 1 heterocycles. The molecule has 2 fully saturated rings. The Bertz CT molecular complexity index is 444. The van der Waals surface area contributed by atoms with Gasteiger partial charge in [0.15, 0.2) is 0 Å². The van der Waals surface area contributed by atoms with E-state index in [0.29, 0.717) is 5.92 Å². The average molecular weight is 309 g/mol. The maximum atomic E-state index is 12.5. The van der Waals surface area contributed by atoms with Gasteiger partial charge in [0.05, 0.1) is 15.9 Å². The summed E-state index contributed by atoms with van der Waals surface area (Å²) in [5.74, 6) is 0.642. The maximum absolute atomic E-state index is 12.5. The summed E-state index contributed by atoms with van der Waals surface area (Å²) in [5, 5.41) is 4.17. The molecular formula is C11H12BrF3N2. The molecule has 1 aromatic heterocycles. The molecule has 3 rings (SSSR count). The fourth-order valence-corrected chi connectivity index (χ4v) is 3.06. The Balaban J connectivity index is 1.97. The zero-order valence-electron chi connectivity index (χ0n) is 9.10. The van der Waals surface area contributed by atoms with E-state index >= 15 is 0 Å². The van der Waals surface area contributed by atoms with Gasteiger partial charge in [0.25, 0.3) is 0 Å². The van der Waals surface area contributed by atoms with Crippen LogP contribution >= 0.6 is 15.9 Å². The van der Waals surface area contributed by atoms with E-state index in [2.05, 4.69) is 21.0 Å². The highest BCUT2D eigenvalue weighted by Crippen LogP contribution is 2.49. The molecular weight excluding hydrogens is 297 g/mol. The second-order valence-corrected chi connectivity index (χ2v) is 5.70. The molecule has 0 atom stereocenters. The summed E-state index contributed by atoms with van der Waals surface area (Å²) < 4.78 is 39.4. The quantitative estimate of drug-likeness (QED) is 0.826. The Hall–Kier alpha value is -0.520. The number of nitrogens with zero attached hydrogens (tertiary/aromatic N) is 2. The fraction of sp³-hybridized carbons (Fsp3) is 0.727. The van der Waals surface area contributed by atoms with Crippen LogP contribution in [0.25, 0.3) is 0 Å². The molecule has 1 aromatic rings. The van der Waals surface area contributed by atoms with Crippen LogP contribution in [0.1, 0.15) is 48.9 Å². The van der Waals surface area contributed by atoms with E-state index in [1.54, 1.807) is 0 Å². The van der Waals surface area contributed by atoms with Gasteiger partial charge in [0.2, 0.25) is 0 Å². The molecule has 17 heavy (non-hydrogen) atoms. The number of hydrogen-bond acceptors (Lipinski definition) is 1. The minimum absolute atomic E-state index is 0.270. The van der Waals surface area contributed by atoms with Gasteiger partial charge in [-0.2, -0.15) is 18.3 Å². The highest BCUT2D eigenvalue weighted by Gasteiger charge is 2.39. The average Bonchev–Trinajstić information content (AvgIpc) is 3.07. The normalized spacial score (nSPS) is 20.9. The smallest absolute Gasteiger partial charge is 0.259 e. The molecule has 2 saturated carbocycles. The lowest BCUT2D eigenvalue weighted by molar-refractivity contribution is -0.143. The van der Waals surface area contributed by atoms with Gasteiger partial charge in [0.1, 0.15) is 6.54 Å². The molecule has 6 heteroatoms. The van der Waals surface area contributed by atoms with Crippen molar-refractivity contribution in [3.8, 4) is 0 Å². The highest BCUT2D eigenvalue weighted by atomic mass is 79.9. The summed E-state index contributed by atoms with van der Waals surface area (Å²) >= 11 is 3.44. The molecule has 2 aliphatic rings. The van der Waals surface area contributed by atoms with Crippen molar-refractivity contribution in [2.75, 3.05) is 0 Å². The van der Waals surface area contributed by atoms with Crippen molar-refractivity contribution in [2.24, 2.45) is 0 Å². The zero-order valence-corrected chi connectivity index (χ0v) is 10.7. The standard InChI is InChI=1S/C11H12BrF3N2/c12-8-9(6-1-2-6)16-17(5-11(13,14)15)10(8)7-3-4-7/h6-7H,1-5H2. The van der Waals surface area contributed by atoms with Crippen LogP contribution in [0.3, 0.4) is 0 Å². The van der Waals surface area contributed by atoms with E-state index in [0.717, 1.165) is 46.2 Å². The predicted molar refractivity (Wildman–Crippen MR) is 59.9 cm³/mol. The van der Waals surface area contributed by atoms with E-state index in [9.17, 15) is 13.2 Å². The van der Waals surface area contributed by atoms with Crippen molar-refractivity contribution in [1.29, 1.82) is 0 Å². The zero-order chi connectivity index (χ0) is 12.2. The number of hydrogen-bond donors (Lipinski definition) is 0. The molecule has 0 amide bonds. The Morgan fingerprint density at radius 3 is 2.24 bits per heavy atom. The first-order valence-electron chi connectivity index (χ1n) is 5.78. The van der Waals surface area contributed by atoms with Gasteiger partial charge < -0.3 is 0 Å². The van der Waals surface area contributed by atoms with Gasteiger partial charge in [-0.15, -0.1) is 0 Å². The number of aromatic nitrogens is 2. The summed E-state index contributed by atoms with van der Waals surface area (Å²) in [6.07, 6.45) is -0.147. The van der Waals surface area contributed by atoms with Crippen LogP contribution in [0.2, 0.25) is 0 Å². The lowest BCUT2D eigenvalue weighted by atomic mass is 10.2. The third-order valence-corrected chi connectivity index (χ3v) is 4.03. The van der Waals surface area contributed by atoms with Crippen molar-refractivity contribution in [1.82, 2.24) is 9.78 Å². The molecule has 0 bridgehead atoms. The molecule has 0 spiro atoms. The molecule has 0 aliphatic heterocycles. The molecule has 0 aromatic carbocycles. The van der Waals surface area contributed by atoms with Crippen LogP contribution in [0.15, 0.2) is 4.47 Å². The van der Waals surface area contributed by atoms with E-state index < -0.39 is 12.7 Å². The monoisotopic (exact) mass is 308 g/mol. The van der Waals surface area contributed by atoms with Gasteiger partial charge in [-0.1, -0.05) is 0 Å². The first kappa shape index (κ1) is 11.6. The van der Waals surface area contributed by atoms with E-state index in [4.69, 9.17) is 0 Å². The number of alkyl halides is 3. The van der Waals surface area contributed by atoms with Crippen LogP contribution in [0.5, 0.6) is 0 Å². The first-order chi connectivity index (χ1) is 7.96. The van der Waals surface area contributed by atoms with Crippen LogP contribution in [-0.2, 0) is 6.54 Å². The first-order valence-corrected chi connectivity index (χ1v) is 6.58. The van der Waals surface area contributed by atoms with Gasteiger partial charge >= 0.3 is 6.18 Å². The maximum Gasteiger partial charge on any atom is 0.408 e. The summed E-state index contributed by atoms with van der Waals surface area (Å²) in [5.41, 5.74) is 1.58. The van der Waals surface area contributed by atoms with Gasteiger partial charge in [-0.05, 0) is 41.6 Å². The number of halogens is 4. The van der Waals surface area contributed by atoms with Crippen LogP contribution < -0.4 is 0 Å². The lowest BCUT2D eigenvalue weighted by Crippen LogP contribution is -2.20. The van der Waals surface area contributed by atoms with Gasteiger partial charge in [0, 0.05) is 11.8 Å². The molecule has 2 aliphatic carbocycles. The summed E-state index contributed by atoms with van der Waals surface area (Å²) in [6, 6.07) is 0. The molecule has 0 saturated heterocycles. The number of rotatable bonds is 3. The Kier molecular flexibility index (Phi) is 2.54. The molecule has 2 nitrogen and oxygen atoms in total. The third kappa shape index (κ3) is 2.37. The highest BCUT2D eigenvalue weighted by molar-refractivity contribution is 9.10. The van der Waals surface area contributed by atoms with Crippen LogP contribution in [-0.4, -0.2) is 16.0 Å². The second kappa shape index (κ2) is 3.73. The van der Waals surface area contributed by atoms with Gasteiger partial charge in [-0.3, -0.25) is 4.68 Å². The van der Waals surface area contributed by atoms with E-state index in [1.165, 1.54) is 0 Å². The van der Waals surface area contributed by atoms with Crippen molar-refractivity contribution in [2.45, 2.75) is 50.2 Å². The van der Waals surface area contributed by atoms with E-state index in [-0.39, 0.29) is 5.92 Å². The van der Waals surface area contributed by atoms with E-state index in [1.807, 2.05) is 0 Å². The van der Waals surface area contributed by atoms with Crippen molar-refractivity contribution < 1.29 is 13.2 Å². The lowest BCUT2D eigenvalue weighted by Gasteiger charge is -2.09. The Morgan fingerprint density at radius 1 is 1.18 bits per heavy atom. The SMILES string of the molecule is FC(F)(F)Cn1nc(C2CC2)c(Br)c1C1CC1. The van der Waals surface area contributed by atoms with Crippen molar-refractivity contribution in [3.63, 3.8) is 0 Å². The minimum atomic E-state index is -4.20. The van der Waals surface area contributed by atoms with Crippen molar-refractivity contribution in [3.05, 3.63) is 15.9 Å². The summed E-state index contributed by atoms with van der Waals surface area (Å²) in [7, 11) is 0. The molecule has 0 radical (unpaired) electrons. The van der Waals surface area contributed by atoms with Gasteiger partial charge in [-0.25, -0.2) is 0 Å². The minimum Gasteiger partial charge on any atom is -0.259 e. The van der Waals surface area contributed by atoms with Crippen LogP contribution in [0, 0.1) is 0 Å². The third-order valence-electron chi connectivity index (χ3n) is 3.21. The Morgan fingerprint density at radius 2 is 1.76 bits per heavy atom. The molecule has 0 N–H and O–H groups in total. The molecule has 94 valence electrons.